The van der Waals surface area contributed by atoms with E-state index in [0.29, 0.717) is 15.9 Å². The fraction of sp³-hybridized carbons (Fsp3) is 0. The van der Waals surface area contributed by atoms with Gasteiger partial charge in [-0.05, 0) is 23.9 Å². The summed E-state index contributed by atoms with van der Waals surface area (Å²) in [4.78, 5) is 21.6. The van der Waals surface area contributed by atoms with E-state index in [-0.39, 0.29) is 5.56 Å². The maximum absolute atomic E-state index is 11.0. The van der Waals surface area contributed by atoms with Gasteiger partial charge in [0.05, 0.1) is 0 Å². The number of nitrogens with one attached hydrogen (secondary N) is 1. The van der Waals surface area contributed by atoms with Gasteiger partial charge in [0.1, 0.15) is 16.8 Å². The highest BCUT2D eigenvalue weighted by Gasteiger charge is 2.01. The van der Waals surface area contributed by atoms with Crippen LogP contribution < -0.4 is 5.56 Å². The van der Waals surface area contributed by atoms with Gasteiger partial charge in [-0.2, -0.15) is 5.26 Å². The lowest BCUT2D eigenvalue weighted by molar-refractivity contribution is 0.931. The van der Waals surface area contributed by atoms with Crippen molar-refractivity contribution in [3.63, 3.8) is 0 Å². The van der Waals surface area contributed by atoms with Gasteiger partial charge in [-0.1, -0.05) is 6.07 Å². The zero-order chi connectivity index (χ0) is 11.4. The topological polar surface area (TPSA) is 82.4 Å². The van der Waals surface area contributed by atoms with Gasteiger partial charge in [-0.3, -0.25) is 4.79 Å². The molecule has 0 amide bonds. The molecule has 1 N–H and O–H groups in total. The van der Waals surface area contributed by atoms with Crippen LogP contribution >= 0.6 is 11.8 Å². The molecule has 5 nitrogen and oxygen atoms in total. The molecule has 2 aromatic heterocycles. The normalized spacial score (nSPS) is 9.69. The van der Waals surface area contributed by atoms with Crippen LogP contribution in [0.5, 0.6) is 0 Å². The summed E-state index contributed by atoms with van der Waals surface area (Å²) in [6, 6.07) is 8.38. The van der Waals surface area contributed by atoms with Gasteiger partial charge in [0.25, 0.3) is 5.56 Å². The quantitative estimate of drug-likeness (QED) is 0.783. The molecule has 2 heterocycles. The van der Waals surface area contributed by atoms with Crippen LogP contribution in [0.25, 0.3) is 0 Å². The molecule has 0 aromatic carbocycles. The van der Waals surface area contributed by atoms with Crippen LogP contribution in [0.3, 0.4) is 0 Å². The standard InChI is InChI=1S/C10H6N4OS/c11-6-7-2-1-3-9(13-7)16-10-12-5-4-8(15)14-10/h1-5H,(H,12,14,15). The van der Waals surface area contributed by atoms with Crippen molar-refractivity contribution >= 4 is 11.8 Å². The number of nitrogens with zero attached hydrogens (tertiary/aromatic N) is 3. The van der Waals surface area contributed by atoms with Crippen molar-refractivity contribution in [1.82, 2.24) is 15.0 Å². The first-order chi connectivity index (χ1) is 7.78. The van der Waals surface area contributed by atoms with E-state index in [9.17, 15) is 4.79 Å². The predicted molar refractivity (Wildman–Crippen MR) is 57.9 cm³/mol. The summed E-state index contributed by atoms with van der Waals surface area (Å²) in [6.07, 6.45) is 1.43. The molecule has 78 valence electrons. The first-order valence-corrected chi connectivity index (χ1v) is 5.20. The first-order valence-electron chi connectivity index (χ1n) is 4.38. The summed E-state index contributed by atoms with van der Waals surface area (Å²) >= 11 is 1.20. The summed E-state index contributed by atoms with van der Waals surface area (Å²) in [5.74, 6) is 0. The minimum absolute atomic E-state index is 0.214. The van der Waals surface area contributed by atoms with E-state index in [1.807, 2.05) is 6.07 Å². The molecule has 0 bridgehead atoms. The van der Waals surface area contributed by atoms with E-state index in [4.69, 9.17) is 5.26 Å². The summed E-state index contributed by atoms with van der Waals surface area (Å²) in [7, 11) is 0. The lowest BCUT2D eigenvalue weighted by Gasteiger charge is -1.98. The molecule has 0 saturated heterocycles. The largest absolute Gasteiger partial charge is 0.301 e. The lowest BCUT2D eigenvalue weighted by Crippen LogP contribution is -2.05. The van der Waals surface area contributed by atoms with Gasteiger partial charge in [0.2, 0.25) is 0 Å². The zero-order valence-corrected chi connectivity index (χ0v) is 8.86. The Bertz CT molecular complexity index is 602. The van der Waals surface area contributed by atoms with Gasteiger partial charge in [-0.25, -0.2) is 9.97 Å². The molecule has 0 aliphatic heterocycles. The molecule has 0 aliphatic rings. The Labute approximate surface area is 95.2 Å². The van der Waals surface area contributed by atoms with Gasteiger partial charge in [-0.15, -0.1) is 0 Å². The van der Waals surface area contributed by atoms with Gasteiger partial charge < -0.3 is 4.98 Å². The molecule has 0 spiro atoms. The van der Waals surface area contributed by atoms with Crippen molar-refractivity contribution in [1.29, 1.82) is 5.26 Å². The van der Waals surface area contributed by atoms with Crippen LogP contribution in [-0.2, 0) is 0 Å². The van der Waals surface area contributed by atoms with Crippen molar-refractivity contribution in [2.45, 2.75) is 10.2 Å². The monoisotopic (exact) mass is 230 g/mol. The number of rotatable bonds is 2. The summed E-state index contributed by atoms with van der Waals surface area (Å²) in [5.41, 5.74) is 0.122. The Balaban J connectivity index is 2.27. The number of nitriles is 1. The van der Waals surface area contributed by atoms with Crippen molar-refractivity contribution < 1.29 is 0 Å². The Hall–Kier alpha value is -2.13. The highest BCUT2D eigenvalue weighted by Crippen LogP contribution is 2.20. The Morgan fingerprint density at radius 3 is 3.00 bits per heavy atom. The minimum Gasteiger partial charge on any atom is -0.301 e. The summed E-state index contributed by atoms with van der Waals surface area (Å²) < 4.78 is 0. The van der Waals surface area contributed by atoms with E-state index in [0.717, 1.165) is 0 Å². The highest BCUT2D eigenvalue weighted by molar-refractivity contribution is 7.99. The van der Waals surface area contributed by atoms with Crippen LogP contribution in [0.15, 0.2) is 45.4 Å². The van der Waals surface area contributed by atoms with Crippen molar-refractivity contribution in [3.8, 4) is 6.07 Å². The molecular formula is C10H6N4OS. The molecule has 0 fully saturated rings. The van der Waals surface area contributed by atoms with E-state index >= 15 is 0 Å². The molecule has 0 unspecified atom stereocenters. The lowest BCUT2D eigenvalue weighted by atomic mass is 10.4. The van der Waals surface area contributed by atoms with Crippen molar-refractivity contribution in [2.24, 2.45) is 0 Å². The number of aromatic amines is 1. The average molecular weight is 230 g/mol. The third-order valence-electron chi connectivity index (χ3n) is 1.69. The second-order valence-corrected chi connectivity index (χ2v) is 3.82. The molecule has 0 radical (unpaired) electrons. The summed E-state index contributed by atoms with van der Waals surface area (Å²) in [5, 5.41) is 9.75. The third kappa shape index (κ3) is 2.46. The minimum atomic E-state index is -0.214. The zero-order valence-electron chi connectivity index (χ0n) is 8.04. The molecule has 6 heteroatoms. The Morgan fingerprint density at radius 2 is 2.25 bits per heavy atom. The van der Waals surface area contributed by atoms with E-state index < -0.39 is 0 Å². The van der Waals surface area contributed by atoms with Crippen molar-refractivity contribution in [2.75, 3.05) is 0 Å². The molecule has 0 aliphatic carbocycles. The molecule has 16 heavy (non-hydrogen) atoms. The second-order valence-electron chi connectivity index (χ2n) is 2.81. The highest BCUT2D eigenvalue weighted by atomic mass is 32.2. The van der Waals surface area contributed by atoms with Crippen LogP contribution in [0.2, 0.25) is 0 Å². The average Bonchev–Trinajstić information content (AvgIpc) is 2.29. The second kappa shape index (κ2) is 4.59. The SMILES string of the molecule is N#Cc1cccc(Sc2nccc(=O)[nH]2)n1. The molecule has 0 saturated carbocycles. The fourth-order valence-electron chi connectivity index (χ4n) is 1.04. The van der Waals surface area contributed by atoms with Crippen LogP contribution in [-0.4, -0.2) is 15.0 Å². The number of pyridine rings is 1. The van der Waals surface area contributed by atoms with Gasteiger partial charge >= 0.3 is 0 Å². The number of aromatic nitrogens is 3. The van der Waals surface area contributed by atoms with Crippen molar-refractivity contribution in [3.05, 3.63) is 46.5 Å². The predicted octanol–water partition coefficient (Wildman–Crippen LogP) is 1.19. The maximum Gasteiger partial charge on any atom is 0.251 e. The van der Waals surface area contributed by atoms with Gasteiger partial charge in [0, 0.05) is 12.3 Å². The number of hydrogen-bond donors (Lipinski definition) is 1. The number of H-pyrrole nitrogens is 1. The van der Waals surface area contributed by atoms with Crippen LogP contribution in [0.4, 0.5) is 0 Å². The molecule has 0 atom stereocenters. The fourth-order valence-corrected chi connectivity index (χ4v) is 1.79. The molecule has 2 aromatic rings. The van der Waals surface area contributed by atoms with Gasteiger partial charge in [0.15, 0.2) is 5.16 Å². The maximum atomic E-state index is 11.0. The van der Waals surface area contributed by atoms with E-state index in [1.54, 1.807) is 18.2 Å². The summed E-state index contributed by atoms with van der Waals surface area (Å²) in [6.45, 7) is 0. The van der Waals surface area contributed by atoms with E-state index in [1.165, 1.54) is 24.0 Å². The number of hydrogen-bond acceptors (Lipinski definition) is 5. The first kappa shape index (κ1) is 10.4. The van der Waals surface area contributed by atoms with Crippen LogP contribution in [0, 0.1) is 11.3 Å². The Morgan fingerprint density at radius 1 is 1.38 bits per heavy atom. The molecular weight excluding hydrogens is 224 g/mol. The third-order valence-corrected chi connectivity index (χ3v) is 2.52. The smallest absolute Gasteiger partial charge is 0.251 e. The van der Waals surface area contributed by atoms with E-state index in [2.05, 4.69) is 15.0 Å². The molecule has 2 rings (SSSR count). The van der Waals surface area contributed by atoms with Crippen LogP contribution in [0.1, 0.15) is 5.69 Å². The Kier molecular flexibility index (Phi) is 2.98.